The van der Waals surface area contributed by atoms with Gasteiger partial charge in [-0.25, -0.2) is 5.11 Å². The van der Waals surface area contributed by atoms with Gasteiger partial charge in [0.15, 0.2) is 6.29 Å². The van der Waals surface area contributed by atoms with Gasteiger partial charge >= 0.3 is 0 Å². The molecule has 1 atom stereocenters. The topological polar surface area (TPSA) is 29.1 Å². The molecule has 12 heavy (non-hydrogen) atoms. The Kier molecular flexibility index (Phi) is 7.51. The second kappa shape index (κ2) is 7.56. The summed E-state index contributed by atoms with van der Waals surface area (Å²) in [6.07, 6.45) is 3.19. The maximum Gasteiger partial charge on any atom is 0.191 e. The van der Waals surface area contributed by atoms with Crippen LogP contribution in [0.1, 0.15) is 46.5 Å². The van der Waals surface area contributed by atoms with Crippen molar-refractivity contribution < 1.29 is 9.84 Å². The fraction of sp³-hybridized carbons (Fsp3) is 1.00. The molecule has 0 aliphatic carbocycles. The zero-order valence-corrected chi connectivity index (χ0v) is 8.51. The molecular weight excluding hydrogens is 152 g/mol. The molecule has 0 amide bonds. The average molecular weight is 173 g/mol. The van der Waals surface area contributed by atoms with Gasteiger partial charge in [0.1, 0.15) is 0 Å². The van der Waals surface area contributed by atoms with E-state index in [1.807, 2.05) is 13.8 Å². The minimum absolute atomic E-state index is 0.443. The summed E-state index contributed by atoms with van der Waals surface area (Å²) < 4.78 is 5.10. The summed E-state index contributed by atoms with van der Waals surface area (Å²) in [7, 11) is 0. The molecule has 73 valence electrons. The van der Waals surface area contributed by atoms with Crippen LogP contribution in [0.25, 0.3) is 0 Å². The van der Waals surface area contributed by atoms with Gasteiger partial charge in [0.25, 0.3) is 0 Å². The van der Waals surface area contributed by atoms with Crippen molar-refractivity contribution in [1.82, 2.24) is 0 Å². The van der Waals surface area contributed by atoms with Crippen molar-refractivity contribution in [1.29, 1.82) is 0 Å². The van der Waals surface area contributed by atoms with Crippen molar-refractivity contribution in [3.05, 3.63) is 0 Å². The number of unbranched alkanes of at least 4 members (excludes halogenated alkanes) is 2. The lowest BCUT2D eigenvalue weighted by Gasteiger charge is -2.11. The fourth-order valence-electron chi connectivity index (χ4n) is 1.02. The van der Waals surface area contributed by atoms with E-state index < -0.39 is 6.29 Å². The molecule has 0 aromatic carbocycles. The van der Waals surface area contributed by atoms with E-state index in [0.29, 0.717) is 18.9 Å². The van der Waals surface area contributed by atoms with Crippen molar-refractivity contribution in [3.8, 4) is 0 Å². The first kappa shape index (κ1) is 11.9. The summed E-state index contributed by atoms with van der Waals surface area (Å²) in [5.41, 5.74) is 0. The molecule has 0 fully saturated rings. The molecule has 0 aromatic heterocycles. The molecule has 0 saturated carbocycles. The predicted octanol–water partition coefficient (Wildman–Crippen LogP) is 3.00. The molecule has 1 radical (unpaired) electrons. The molecule has 0 aliphatic heterocycles. The molecule has 0 aromatic rings. The lowest BCUT2D eigenvalue weighted by Crippen LogP contribution is -2.13. The van der Waals surface area contributed by atoms with Crippen LogP contribution in [0.15, 0.2) is 0 Å². The van der Waals surface area contributed by atoms with E-state index in [2.05, 4.69) is 6.92 Å². The molecule has 0 aliphatic rings. The highest BCUT2D eigenvalue weighted by atomic mass is 16.6. The molecule has 0 bridgehead atoms. The van der Waals surface area contributed by atoms with Crippen LogP contribution in [0, 0.1) is 5.92 Å². The third-order valence-corrected chi connectivity index (χ3v) is 1.72. The van der Waals surface area contributed by atoms with Crippen LogP contribution in [-0.4, -0.2) is 12.9 Å². The standard InChI is InChI=1S/C10H21O2/c1-4-5-6-7-12-10(11)8-9(2)3/h9-10H,4-8H2,1-3H3. The van der Waals surface area contributed by atoms with Crippen LogP contribution in [0.5, 0.6) is 0 Å². The summed E-state index contributed by atoms with van der Waals surface area (Å²) in [4.78, 5) is 0. The SMILES string of the molecule is CCCCCOC([O])CC(C)C. The van der Waals surface area contributed by atoms with E-state index in [0.717, 1.165) is 12.8 Å². The van der Waals surface area contributed by atoms with E-state index >= 15 is 0 Å². The highest BCUT2D eigenvalue weighted by Crippen LogP contribution is 2.07. The van der Waals surface area contributed by atoms with Gasteiger partial charge in [-0.3, -0.25) is 0 Å². The summed E-state index contributed by atoms with van der Waals surface area (Å²) in [5.74, 6) is 0.443. The average Bonchev–Trinajstić information content (AvgIpc) is 1.97. The van der Waals surface area contributed by atoms with Crippen molar-refractivity contribution >= 4 is 0 Å². The predicted molar refractivity (Wildman–Crippen MR) is 49.4 cm³/mol. The molecule has 1 unspecified atom stereocenters. The number of hydrogen-bond donors (Lipinski definition) is 0. The van der Waals surface area contributed by atoms with Gasteiger partial charge in [-0.15, -0.1) is 0 Å². The van der Waals surface area contributed by atoms with Crippen LogP contribution in [-0.2, 0) is 9.84 Å². The summed E-state index contributed by atoms with van der Waals surface area (Å²) in [5, 5.41) is 11.1. The lowest BCUT2D eigenvalue weighted by molar-refractivity contribution is -0.149. The van der Waals surface area contributed by atoms with Gasteiger partial charge in [-0.2, -0.15) is 0 Å². The second-order valence-corrected chi connectivity index (χ2v) is 3.64. The van der Waals surface area contributed by atoms with Crippen molar-refractivity contribution in [2.24, 2.45) is 5.92 Å². The summed E-state index contributed by atoms with van der Waals surface area (Å²) in [6, 6.07) is 0. The Labute approximate surface area is 75.9 Å². The van der Waals surface area contributed by atoms with Gasteiger partial charge < -0.3 is 4.74 Å². The van der Waals surface area contributed by atoms with Gasteiger partial charge in [0.2, 0.25) is 0 Å². The maximum absolute atomic E-state index is 11.1. The Balaban J connectivity index is 3.14. The Bertz CT molecular complexity index is 91.8. The number of ether oxygens (including phenoxy) is 1. The second-order valence-electron chi connectivity index (χ2n) is 3.64. The van der Waals surface area contributed by atoms with Gasteiger partial charge in [-0.1, -0.05) is 33.6 Å². The van der Waals surface area contributed by atoms with Crippen LogP contribution in [0.3, 0.4) is 0 Å². The Morgan fingerprint density at radius 2 is 1.92 bits per heavy atom. The van der Waals surface area contributed by atoms with Gasteiger partial charge in [0, 0.05) is 13.0 Å². The Morgan fingerprint density at radius 3 is 2.42 bits per heavy atom. The zero-order chi connectivity index (χ0) is 9.40. The molecular formula is C10H21O2. The van der Waals surface area contributed by atoms with E-state index in [-0.39, 0.29) is 0 Å². The van der Waals surface area contributed by atoms with Crippen molar-refractivity contribution in [2.45, 2.75) is 52.7 Å². The fourth-order valence-corrected chi connectivity index (χ4v) is 1.02. The van der Waals surface area contributed by atoms with Crippen LogP contribution >= 0.6 is 0 Å². The van der Waals surface area contributed by atoms with Crippen molar-refractivity contribution in [2.75, 3.05) is 6.61 Å². The number of rotatable bonds is 7. The highest BCUT2D eigenvalue weighted by Gasteiger charge is 2.07. The normalized spacial score (nSPS) is 13.8. The van der Waals surface area contributed by atoms with E-state index in [4.69, 9.17) is 4.74 Å². The monoisotopic (exact) mass is 173 g/mol. The first-order valence-corrected chi connectivity index (χ1v) is 4.94. The first-order valence-electron chi connectivity index (χ1n) is 4.94. The molecule has 0 saturated heterocycles. The van der Waals surface area contributed by atoms with E-state index in [9.17, 15) is 5.11 Å². The quantitative estimate of drug-likeness (QED) is 0.430. The molecule has 2 nitrogen and oxygen atoms in total. The van der Waals surface area contributed by atoms with Crippen molar-refractivity contribution in [3.63, 3.8) is 0 Å². The molecule has 2 heteroatoms. The summed E-state index contributed by atoms with van der Waals surface area (Å²) in [6.45, 7) is 6.86. The van der Waals surface area contributed by atoms with Gasteiger partial charge in [-0.05, 0) is 12.3 Å². The lowest BCUT2D eigenvalue weighted by atomic mass is 10.1. The third kappa shape index (κ3) is 8.02. The molecule has 0 N–H and O–H groups in total. The van der Waals surface area contributed by atoms with E-state index in [1.165, 1.54) is 6.42 Å². The van der Waals surface area contributed by atoms with E-state index in [1.54, 1.807) is 0 Å². The largest absolute Gasteiger partial charge is 0.350 e. The number of hydrogen-bond acceptors (Lipinski definition) is 1. The summed E-state index contributed by atoms with van der Waals surface area (Å²) >= 11 is 0. The van der Waals surface area contributed by atoms with Gasteiger partial charge in [0.05, 0.1) is 0 Å². The minimum Gasteiger partial charge on any atom is -0.350 e. The first-order chi connectivity index (χ1) is 5.66. The minimum atomic E-state index is -0.804. The molecule has 0 spiro atoms. The van der Waals surface area contributed by atoms with Crippen LogP contribution < -0.4 is 0 Å². The Hall–Kier alpha value is -0.0800. The maximum atomic E-state index is 11.1. The Morgan fingerprint density at radius 1 is 1.25 bits per heavy atom. The third-order valence-electron chi connectivity index (χ3n) is 1.72. The smallest absolute Gasteiger partial charge is 0.191 e. The highest BCUT2D eigenvalue weighted by molar-refractivity contribution is 4.47. The van der Waals surface area contributed by atoms with Crippen LogP contribution in [0.2, 0.25) is 0 Å². The molecule has 0 heterocycles. The molecule has 0 rings (SSSR count). The van der Waals surface area contributed by atoms with Crippen LogP contribution in [0.4, 0.5) is 0 Å². The zero-order valence-electron chi connectivity index (χ0n) is 8.51.